The molecule has 0 atom stereocenters. The second kappa shape index (κ2) is 19.3. The van der Waals surface area contributed by atoms with Crippen LogP contribution in [0.2, 0.25) is 0 Å². The Morgan fingerprint density at radius 2 is 1.22 bits per heavy atom. The summed E-state index contributed by atoms with van der Waals surface area (Å²) in [7, 11) is 0. The van der Waals surface area contributed by atoms with Crippen molar-refractivity contribution in [2.24, 2.45) is 0 Å². The lowest BCUT2D eigenvalue weighted by molar-refractivity contribution is 0.761. The van der Waals surface area contributed by atoms with E-state index in [-0.39, 0.29) is 35.4 Å². The summed E-state index contributed by atoms with van der Waals surface area (Å²) in [4.78, 5) is 1.67. The molecule has 0 saturated carbocycles. The second-order valence-electron chi connectivity index (χ2n) is 13.8. The summed E-state index contributed by atoms with van der Waals surface area (Å²) in [5.74, 6) is 0. The molecule has 5 aromatic rings. The zero-order valence-corrected chi connectivity index (χ0v) is 34.0. The van der Waals surface area contributed by atoms with E-state index < -0.39 is 5.41 Å². The fourth-order valence-electron chi connectivity index (χ4n) is 7.59. The number of nitrogens with zero attached hydrogens (tertiary/aromatic N) is 1. The van der Waals surface area contributed by atoms with Gasteiger partial charge in [-0.05, 0) is 125 Å². The van der Waals surface area contributed by atoms with Gasteiger partial charge in [0.15, 0.2) is 0 Å². The molecule has 1 aliphatic rings. The van der Waals surface area contributed by atoms with Crippen LogP contribution in [-0.4, -0.2) is 0 Å². The molecule has 1 aliphatic carbocycles. The number of benzene rings is 5. The van der Waals surface area contributed by atoms with Crippen LogP contribution in [0.15, 0.2) is 255 Å². The number of rotatable bonds is 15. The maximum absolute atomic E-state index is 9.70. The second-order valence-corrected chi connectivity index (χ2v) is 13.8. The largest absolute Gasteiger partial charge is 0.318 e. The lowest BCUT2D eigenvalue weighted by Gasteiger charge is -2.35. The molecule has 0 N–H and O–H groups in total. The van der Waals surface area contributed by atoms with E-state index in [1.54, 1.807) is 11.0 Å². The monoisotopic (exact) mass is 755 g/mol. The number of allylic oxidation sites excluding steroid dienone is 17. The zero-order chi connectivity index (χ0) is 44.4. The molecule has 0 unspecified atom stereocenters. The molecule has 286 valence electrons. The van der Waals surface area contributed by atoms with Crippen molar-refractivity contribution in [1.82, 2.24) is 0 Å². The summed E-state index contributed by atoms with van der Waals surface area (Å²) >= 11 is 0. The van der Waals surface area contributed by atoms with Crippen LogP contribution in [0, 0.1) is 0 Å². The molecule has 5 aromatic carbocycles. The molecule has 0 radical (unpaired) electrons. The summed E-state index contributed by atoms with van der Waals surface area (Å²) in [6, 6.07) is 38.3. The van der Waals surface area contributed by atoms with Gasteiger partial charge in [0.25, 0.3) is 0 Å². The molecule has 1 heteroatoms. The molecule has 0 aliphatic heterocycles. The summed E-state index contributed by atoms with van der Waals surface area (Å²) < 4.78 is 38.6. The van der Waals surface area contributed by atoms with Gasteiger partial charge in [0, 0.05) is 17.6 Å². The minimum atomic E-state index is -0.769. The van der Waals surface area contributed by atoms with Gasteiger partial charge in [-0.2, -0.15) is 0 Å². The number of hydrogen-bond acceptors (Lipinski definition) is 1. The zero-order valence-electron chi connectivity index (χ0n) is 38.0. The minimum absolute atomic E-state index is 0.0633. The van der Waals surface area contributed by atoms with Crippen molar-refractivity contribution >= 4 is 22.4 Å². The first-order chi connectivity index (χ1) is 30.1. The Labute approximate surface area is 352 Å². The van der Waals surface area contributed by atoms with Crippen LogP contribution in [-0.2, 0) is 5.41 Å². The number of anilines is 1. The van der Waals surface area contributed by atoms with E-state index in [1.165, 1.54) is 0 Å². The van der Waals surface area contributed by atoms with Crippen molar-refractivity contribution in [3.63, 3.8) is 0 Å². The van der Waals surface area contributed by atoms with Gasteiger partial charge in [-0.25, -0.2) is 0 Å². The maximum atomic E-state index is 9.70. The van der Waals surface area contributed by atoms with Gasteiger partial charge in [-0.3, -0.25) is 0 Å². The maximum Gasteiger partial charge on any atom is 0.0714 e. The Bertz CT molecular complexity index is 2670. The van der Waals surface area contributed by atoms with Crippen LogP contribution >= 0.6 is 0 Å². The van der Waals surface area contributed by atoms with E-state index in [9.17, 15) is 5.48 Å². The molecule has 0 fully saturated rings. The minimum Gasteiger partial charge on any atom is -0.318 e. The Balaban J connectivity index is 1.64. The SMILES string of the molecule is [2H]c1c([2H])c(N(/C=C/C2=C(C=C)c3ccccc3C2(c2ccccc2)c2ccccc2)C(=C)/C=C\C(=C)c2ccccc2)c([2H])c([2H])c1C(=C/C(/C=C\C)=C/C)/C(/C=C\C)=C/C. The van der Waals surface area contributed by atoms with Crippen LogP contribution in [0.3, 0.4) is 0 Å². The van der Waals surface area contributed by atoms with Crippen molar-refractivity contribution < 1.29 is 5.48 Å². The predicted molar refractivity (Wildman–Crippen MR) is 253 cm³/mol. The standard InChI is InChI=1S/C57H53N/c1-8-24-45(10-3)42-54(46(11-4)25-9-2)48-36-38-51(39-37-48)58(44(7)35-34-43(6)47-26-16-13-17-27-47)41-40-56-52(12-5)53-32-22-23-33-55(53)57(56,49-28-18-14-19-29-49)50-30-20-15-21-31-50/h8-42H,5-7H2,1-4H3/b24-8-,25-9-,35-34-,41-40+,45-10+,46-11+,54-42+/i36D,37D,38D,39D. The van der Waals surface area contributed by atoms with Crippen molar-refractivity contribution in [1.29, 1.82) is 0 Å². The molecule has 0 aromatic heterocycles. The van der Waals surface area contributed by atoms with E-state index in [0.717, 1.165) is 55.7 Å². The summed E-state index contributed by atoms with van der Waals surface area (Å²) in [6.45, 7) is 20.8. The Kier molecular flexibility index (Phi) is 11.8. The van der Waals surface area contributed by atoms with Crippen LogP contribution in [0.4, 0.5) is 5.69 Å². The van der Waals surface area contributed by atoms with Gasteiger partial charge in [0.2, 0.25) is 0 Å². The van der Waals surface area contributed by atoms with E-state index in [4.69, 9.17) is 0 Å². The fraction of sp³-hybridized carbons (Fsp3) is 0.0877. The lowest BCUT2D eigenvalue weighted by atomic mass is 9.67. The summed E-state index contributed by atoms with van der Waals surface area (Å²) in [6.07, 6.45) is 22.9. The Morgan fingerprint density at radius 1 is 0.638 bits per heavy atom. The number of hydrogen-bond donors (Lipinski definition) is 0. The third-order valence-electron chi connectivity index (χ3n) is 10.3. The normalized spacial score (nSPS) is 15.5. The number of fused-ring (bicyclic) bond motifs is 1. The summed E-state index contributed by atoms with van der Waals surface area (Å²) in [5.41, 5.74) is 9.98. The van der Waals surface area contributed by atoms with Crippen LogP contribution < -0.4 is 4.90 Å². The highest BCUT2D eigenvalue weighted by molar-refractivity contribution is 5.92. The molecule has 0 heterocycles. The highest BCUT2D eigenvalue weighted by Gasteiger charge is 2.46. The first-order valence-corrected chi connectivity index (χ1v) is 19.7. The van der Waals surface area contributed by atoms with Gasteiger partial charge in [-0.1, -0.05) is 196 Å². The first kappa shape index (κ1) is 35.5. The third-order valence-corrected chi connectivity index (χ3v) is 10.3. The average molecular weight is 756 g/mol. The Hall–Kier alpha value is -6.96. The van der Waals surface area contributed by atoms with E-state index in [2.05, 4.69) is 86.5 Å². The van der Waals surface area contributed by atoms with Gasteiger partial charge >= 0.3 is 0 Å². The van der Waals surface area contributed by atoms with Crippen molar-refractivity contribution in [3.8, 4) is 0 Å². The van der Waals surface area contributed by atoms with Gasteiger partial charge in [0.05, 0.1) is 10.9 Å². The molecule has 58 heavy (non-hydrogen) atoms. The highest BCUT2D eigenvalue weighted by Crippen LogP contribution is 2.55. The third kappa shape index (κ3) is 8.41. The first-order valence-electron chi connectivity index (χ1n) is 21.7. The molecule has 0 bridgehead atoms. The van der Waals surface area contributed by atoms with E-state index in [1.807, 2.05) is 143 Å². The van der Waals surface area contributed by atoms with Crippen LogP contribution in [0.1, 0.15) is 66.6 Å². The Morgan fingerprint density at radius 3 is 1.79 bits per heavy atom. The van der Waals surface area contributed by atoms with Crippen molar-refractivity contribution in [2.45, 2.75) is 33.1 Å². The molecule has 0 saturated heterocycles. The molecular weight excluding hydrogens is 699 g/mol. The quantitative estimate of drug-likeness (QED) is 0.0962. The van der Waals surface area contributed by atoms with Crippen molar-refractivity contribution in [2.75, 3.05) is 4.90 Å². The van der Waals surface area contributed by atoms with Crippen LogP contribution in [0.5, 0.6) is 0 Å². The predicted octanol–water partition coefficient (Wildman–Crippen LogP) is 15.2. The molecule has 1 nitrogen and oxygen atoms in total. The summed E-state index contributed by atoms with van der Waals surface area (Å²) in [5, 5.41) is 0. The molecule has 0 amide bonds. The fourth-order valence-corrected chi connectivity index (χ4v) is 7.59. The van der Waals surface area contributed by atoms with Crippen molar-refractivity contribution in [3.05, 3.63) is 288 Å². The molecular formula is C57H53N. The average Bonchev–Trinajstić information content (AvgIpc) is 3.60. The smallest absolute Gasteiger partial charge is 0.0714 e. The lowest BCUT2D eigenvalue weighted by Crippen LogP contribution is -2.29. The molecule has 0 spiro atoms. The van der Waals surface area contributed by atoms with Gasteiger partial charge < -0.3 is 4.90 Å². The highest BCUT2D eigenvalue weighted by atomic mass is 15.1. The van der Waals surface area contributed by atoms with Gasteiger partial charge in [0.1, 0.15) is 0 Å². The van der Waals surface area contributed by atoms with Crippen LogP contribution in [0.25, 0.3) is 16.7 Å². The van der Waals surface area contributed by atoms with E-state index in [0.29, 0.717) is 11.3 Å². The van der Waals surface area contributed by atoms with E-state index >= 15 is 0 Å². The van der Waals surface area contributed by atoms with Gasteiger partial charge in [-0.15, -0.1) is 0 Å². The molecule has 6 rings (SSSR count). The topological polar surface area (TPSA) is 3.24 Å².